The fraction of sp³-hybridized carbons (Fsp3) is 0.286. The van der Waals surface area contributed by atoms with Crippen molar-refractivity contribution in [3.63, 3.8) is 0 Å². The molecule has 0 aromatic heterocycles. The molecular formula is C28H29Cl4N3O4S. The summed E-state index contributed by atoms with van der Waals surface area (Å²) in [5, 5.41) is 3.82. The lowest BCUT2D eigenvalue weighted by Crippen LogP contribution is -2.53. The first-order valence-corrected chi connectivity index (χ1v) is 15.4. The SMILES string of the molecule is CC[C@H](C(=O)NC(C)C)N(Cc1ccc(Cl)c(Cl)c1)C(=O)CN(c1ccc(Cl)c(Cl)c1)S(=O)(=O)c1ccccc1. The molecule has 3 rings (SSSR count). The van der Waals surface area contributed by atoms with Crippen molar-refractivity contribution in [2.45, 2.75) is 50.7 Å². The monoisotopic (exact) mass is 643 g/mol. The van der Waals surface area contributed by atoms with Crippen molar-refractivity contribution in [3.8, 4) is 0 Å². The summed E-state index contributed by atoms with van der Waals surface area (Å²) in [5.74, 6) is -0.972. The molecule has 3 aromatic carbocycles. The number of nitrogens with one attached hydrogen (secondary N) is 1. The number of rotatable bonds is 11. The van der Waals surface area contributed by atoms with Gasteiger partial charge in [-0.15, -0.1) is 0 Å². The largest absolute Gasteiger partial charge is 0.352 e. The maximum atomic E-state index is 14.0. The van der Waals surface area contributed by atoms with Gasteiger partial charge in [0, 0.05) is 12.6 Å². The minimum atomic E-state index is -4.22. The zero-order chi connectivity index (χ0) is 29.6. The van der Waals surface area contributed by atoms with Gasteiger partial charge in [-0.2, -0.15) is 0 Å². The standard InChI is InChI=1S/C28H29Cl4N3O4S/c1-4-26(28(37)33-18(2)3)34(16-19-10-12-22(29)24(31)14-19)27(36)17-35(20-11-13-23(30)25(32)15-20)40(38,39)21-8-6-5-7-9-21/h5-15,18,26H,4,16-17H2,1-3H3,(H,33,37)/t26-/m1/s1. The summed E-state index contributed by atoms with van der Waals surface area (Å²) in [6.07, 6.45) is 0.282. The van der Waals surface area contributed by atoms with Crippen LogP contribution in [0.5, 0.6) is 0 Å². The Kier molecular flexibility index (Phi) is 11.1. The molecular weight excluding hydrogens is 616 g/mol. The number of hydrogen-bond donors (Lipinski definition) is 1. The Morgan fingerprint density at radius 2 is 1.45 bits per heavy atom. The van der Waals surface area contributed by atoms with Gasteiger partial charge in [0.15, 0.2) is 0 Å². The maximum Gasteiger partial charge on any atom is 0.264 e. The summed E-state index contributed by atoms with van der Waals surface area (Å²) in [5.41, 5.74) is 0.756. The highest BCUT2D eigenvalue weighted by Crippen LogP contribution is 2.31. The van der Waals surface area contributed by atoms with Gasteiger partial charge < -0.3 is 10.2 Å². The van der Waals surface area contributed by atoms with Gasteiger partial charge in [0.25, 0.3) is 10.0 Å². The van der Waals surface area contributed by atoms with E-state index in [9.17, 15) is 18.0 Å². The van der Waals surface area contributed by atoms with Crippen LogP contribution in [0.15, 0.2) is 71.6 Å². The van der Waals surface area contributed by atoms with Crippen LogP contribution in [-0.2, 0) is 26.2 Å². The van der Waals surface area contributed by atoms with Crippen molar-refractivity contribution in [2.75, 3.05) is 10.8 Å². The lowest BCUT2D eigenvalue weighted by atomic mass is 10.1. The van der Waals surface area contributed by atoms with Gasteiger partial charge in [0.05, 0.1) is 30.7 Å². The minimum absolute atomic E-state index is 0.0135. The molecule has 0 radical (unpaired) electrons. The Balaban J connectivity index is 2.09. The van der Waals surface area contributed by atoms with Gasteiger partial charge in [-0.3, -0.25) is 13.9 Å². The molecule has 0 bridgehead atoms. The van der Waals surface area contributed by atoms with Gasteiger partial charge in [-0.25, -0.2) is 8.42 Å². The zero-order valence-corrected chi connectivity index (χ0v) is 25.9. The van der Waals surface area contributed by atoms with Crippen LogP contribution >= 0.6 is 46.4 Å². The Labute approximate surface area is 255 Å². The van der Waals surface area contributed by atoms with Crippen LogP contribution in [-0.4, -0.2) is 43.8 Å². The van der Waals surface area contributed by atoms with E-state index in [1.807, 2.05) is 13.8 Å². The van der Waals surface area contributed by atoms with Crippen LogP contribution < -0.4 is 9.62 Å². The second kappa shape index (κ2) is 13.9. The van der Waals surface area contributed by atoms with Crippen LogP contribution in [0.4, 0.5) is 5.69 Å². The quantitative estimate of drug-likeness (QED) is 0.248. The van der Waals surface area contributed by atoms with Gasteiger partial charge in [0.1, 0.15) is 12.6 Å². The molecule has 0 saturated heterocycles. The molecule has 12 heteroatoms. The van der Waals surface area contributed by atoms with E-state index < -0.39 is 28.5 Å². The third kappa shape index (κ3) is 7.83. The average molecular weight is 645 g/mol. The van der Waals surface area contributed by atoms with E-state index in [2.05, 4.69) is 5.32 Å². The molecule has 0 aliphatic carbocycles. The Morgan fingerprint density at radius 3 is 2.00 bits per heavy atom. The number of hydrogen-bond acceptors (Lipinski definition) is 4. The van der Waals surface area contributed by atoms with Crippen molar-refractivity contribution in [2.24, 2.45) is 0 Å². The molecule has 2 amide bonds. The van der Waals surface area contributed by atoms with Crippen molar-refractivity contribution < 1.29 is 18.0 Å². The van der Waals surface area contributed by atoms with Crippen molar-refractivity contribution in [1.82, 2.24) is 10.2 Å². The molecule has 1 N–H and O–H groups in total. The predicted molar refractivity (Wildman–Crippen MR) is 162 cm³/mol. The van der Waals surface area contributed by atoms with Gasteiger partial charge in [0.2, 0.25) is 11.8 Å². The Hall–Kier alpha value is -2.49. The Morgan fingerprint density at radius 1 is 0.850 bits per heavy atom. The fourth-order valence-electron chi connectivity index (χ4n) is 4.02. The normalized spacial score (nSPS) is 12.2. The summed E-state index contributed by atoms with van der Waals surface area (Å²) >= 11 is 24.6. The first kappa shape index (κ1) is 32.0. The summed E-state index contributed by atoms with van der Waals surface area (Å²) < 4.78 is 28.6. The van der Waals surface area contributed by atoms with Crippen LogP contribution in [0, 0.1) is 0 Å². The van der Waals surface area contributed by atoms with E-state index in [0.717, 1.165) is 4.31 Å². The van der Waals surface area contributed by atoms with E-state index in [1.165, 1.54) is 35.2 Å². The van der Waals surface area contributed by atoms with E-state index in [-0.39, 0.29) is 50.6 Å². The van der Waals surface area contributed by atoms with Crippen molar-refractivity contribution in [3.05, 3.63) is 92.4 Å². The lowest BCUT2D eigenvalue weighted by Gasteiger charge is -2.33. The second-order valence-electron chi connectivity index (χ2n) is 9.28. The van der Waals surface area contributed by atoms with Crippen molar-refractivity contribution >= 4 is 73.9 Å². The first-order chi connectivity index (χ1) is 18.8. The van der Waals surface area contributed by atoms with Gasteiger partial charge >= 0.3 is 0 Å². The molecule has 7 nitrogen and oxygen atoms in total. The summed E-state index contributed by atoms with van der Waals surface area (Å²) in [4.78, 5) is 28.5. The van der Waals surface area contributed by atoms with Crippen LogP contribution in [0.3, 0.4) is 0 Å². The first-order valence-electron chi connectivity index (χ1n) is 12.4. The summed E-state index contributed by atoms with van der Waals surface area (Å²) in [7, 11) is -4.22. The zero-order valence-electron chi connectivity index (χ0n) is 22.1. The third-order valence-electron chi connectivity index (χ3n) is 5.96. The van der Waals surface area contributed by atoms with E-state index in [0.29, 0.717) is 10.6 Å². The number of sulfonamides is 1. The second-order valence-corrected chi connectivity index (χ2v) is 12.8. The molecule has 0 saturated carbocycles. The molecule has 0 spiro atoms. The van der Waals surface area contributed by atoms with E-state index in [4.69, 9.17) is 46.4 Å². The minimum Gasteiger partial charge on any atom is -0.352 e. The molecule has 40 heavy (non-hydrogen) atoms. The molecule has 3 aromatic rings. The number of anilines is 1. The number of amides is 2. The van der Waals surface area contributed by atoms with Gasteiger partial charge in [-0.05, 0) is 68.3 Å². The lowest BCUT2D eigenvalue weighted by molar-refractivity contribution is -0.140. The third-order valence-corrected chi connectivity index (χ3v) is 9.22. The Bertz CT molecular complexity index is 1470. The average Bonchev–Trinajstić information content (AvgIpc) is 2.90. The van der Waals surface area contributed by atoms with Crippen molar-refractivity contribution in [1.29, 1.82) is 0 Å². The molecule has 0 aliphatic heterocycles. The smallest absolute Gasteiger partial charge is 0.264 e. The van der Waals surface area contributed by atoms with E-state index in [1.54, 1.807) is 43.3 Å². The molecule has 0 unspecified atom stereocenters. The highest BCUT2D eigenvalue weighted by atomic mass is 35.5. The molecule has 0 heterocycles. The molecule has 214 valence electrons. The van der Waals surface area contributed by atoms with Gasteiger partial charge in [-0.1, -0.05) is 77.6 Å². The van der Waals surface area contributed by atoms with E-state index >= 15 is 0 Å². The number of nitrogens with zero attached hydrogens (tertiary/aromatic N) is 2. The highest BCUT2D eigenvalue weighted by molar-refractivity contribution is 7.92. The highest BCUT2D eigenvalue weighted by Gasteiger charge is 2.34. The number of carbonyl (C=O) groups is 2. The fourth-order valence-corrected chi connectivity index (χ4v) is 6.06. The molecule has 0 fully saturated rings. The van der Waals surface area contributed by atoms with Crippen LogP contribution in [0.1, 0.15) is 32.8 Å². The number of halogens is 4. The van der Waals surface area contributed by atoms with Crippen LogP contribution in [0.2, 0.25) is 20.1 Å². The topological polar surface area (TPSA) is 86.8 Å². The number of benzene rings is 3. The number of carbonyl (C=O) groups excluding carboxylic acids is 2. The maximum absolute atomic E-state index is 14.0. The molecule has 1 atom stereocenters. The summed E-state index contributed by atoms with van der Waals surface area (Å²) in [6.45, 7) is 4.78. The molecule has 0 aliphatic rings. The summed E-state index contributed by atoms with van der Waals surface area (Å²) in [6, 6.07) is 15.9. The van der Waals surface area contributed by atoms with Crippen LogP contribution in [0.25, 0.3) is 0 Å². The predicted octanol–water partition coefficient (Wildman–Crippen LogP) is 6.83.